The van der Waals surface area contributed by atoms with E-state index in [2.05, 4.69) is 32.1 Å². The lowest BCUT2D eigenvalue weighted by molar-refractivity contribution is -0.0514. The Kier molecular flexibility index (Phi) is 5.06. The molecule has 3 nitrogen and oxygen atoms in total. The third kappa shape index (κ3) is 3.47. The van der Waals surface area contributed by atoms with Gasteiger partial charge in [0.15, 0.2) is 0 Å². The maximum absolute atomic E-state index is 10.6. The normalized spacial score (nSPS) is 45.3. The first-order chi connectivity index (χ1) is 10.5. The highest BCUT2D eigenvalue weighted by atomic mass is 16.5. The highest BCUT2D eigenvalue weighted by Crippen LogP contribution is 2.43. The Morgan fingerprint density at radius 2 is 2.00 bits per heavy atom. The van der Waals surface area contributed by atoms with Gasteiger partial charge in [0, 0.05) is 12.5 Å². The Bertz CT molecular complexity index is 442. The molecule has 3 aliphatic rings. The maximum Gasteiger partial charge on any atom is 0.0617 e. The molecule has 0 aromatic heterocycles. The second-order valence-electron chi connectivity index (χ2n) is 7.60. The van der Waals surface area contributed by atoms with Crippen molar-refractivity contribution in [3.8, 4) is 0 Å². The second-order valence-corrected chi connectivity index (χ2v) is 7.60. The number of allylic oxidation sites excluding steroid dienone is 3. The molecule has 0 aromatic rings. The summed E-state index contributed by atoms with van der Waals surface area (Å²) in [7, 11) is 0. The van der Waals surface area contributed by atoms with Crippen LogP contribution >= 0.6 is 0 Å². The SMILES string of the molecule is CC1C=C2C=CC(C)C(CCC3CC(O)CCO3)C2C(O)C1. The van der Waals surface area contributed by atoms with E-state index in [9.17, 15) is 10.2 Å². The quantitative estimate of drug-likeness (QED) is 0.842. The van der Waals surface area contributed by atoms with Gasteiger partial charge in [-0.1, -0.05) is 32.1 Å². The highest BCUT2D eigenvalue weighted by molar-refractivity contribution is 5.31. The lowest BCUT2D eigenvalue weighted by Gasteiger charge is -2.42. The zero-order valence-corrected chi connectivity index (χ0v) is 13.8. The molecule has 7 atom stereocenters. The summed E-state index contributed by atoms with van der Waals surface area (Å²) in [5, 5.41) is 20.4. The van der Waals surface area contributed by atoms with Crippen molar-refractivity contribution in [2.24, 2.45) is 23.7 Å². The summed E-state index contributed by atoms with van der Waals surface area (Å²) in [6.45, 7) is 5.13. The van der Waals surface area contributed by atoms with E-state index in [1.807, 2.05) is 0 Å². The smallest absolute Gasteiger partial charge is 0.0617 e. The van der Waals surface area contributed by atoms with Gasteiger partial charge in [0.05, 0.1) is 18.3 Å². The summed E-state index contributed by atoms with van der Waals surface area (Å²) >= 11 is 0. The molecule has 2 aliphatic carbocycles. The zero-order chi connectivity index (χ0) is 15.7. The molecule has 0 bridgehead atoms. The van der Waals surface area contributed by atoms with Crippen LogP contribution in [0.5, 0.6) is 0 Å². The van der Waals surface area contributed by atoms with Crippen LogP contribution in [0.4, 0.5) is 0 Å². The molecule has 3 rings (SSSR count). The second kappa shape index (κ2) is 6.86. The maximum atomic E-state index is 10.6. The Balaban J connectivity index is 1.66. The number of aliphatic hydroxyl groups excluding tert-OH is 2. The summed E-state index contributed by atoms with van der Waals surface area (Å²) in [6.07, 6.45) is 11.1. The lowest BCUT2D eigenvalue weighted by Crippen LogP contribution is -2.39. The van der Waals surface area contributed by atoms with Crippen molar-refractivity contribution in [1.29, 1.82) is 0 Å². The van der Waals surface area contributed by atoms with E-state index >= 15 is 0 Å². The van der Waals surface area contributed by atoms with Gasteiger partial charge in [-0.3, -0.25) is 0 Å². The molecule has 1 saturated heterocycles. The Morgan fingerprint density at radius 1 is 1.18 bits per heavy atom. The first-order valence-electron chi connectivity index (χ1n) is 8.92. The zero-order valence-electron chi connectivity index (χ0n) is 13.8. The van der Waals surface area contributed by atoms with Gasteiger partial charge in [0.2, 0.25) is 0 Å². The van der Waals surface area contributed by atoms with Gasteiger partial charge in [-0.15, -0.1) is 0 Å². The fraction of sp³-hybridized carbons (Fsp3) is 0.789. The molecule has 124 valence electrons. The molecular weight excluding hydrogens is 276 g/mol. The Labute approximate surface area is 134 Å². The van der Waals surface area contributed by atoms with Crippen LogP contribution in [-0.4, -0.2) is 35.1 Å². The summed E-state index contributed by atoms with van der Waals surface area (Å²) < 4.78 is 5.80. The van der Waals surface area contributed by atoms with Crippen molar-refractivity contribution < 1.29 is 14.9 Å². The van der Waals surface area contributed by atoms with Crippen molar-refractivity contribution in [2.75, 3.05) is 6.61 Å². The average Bonchev–Trinajstić information content (AvgIpc) is 2.46. The topological polar surface area (TPSA) is 49.7 Å². The van der Waals surface area contributed by atoms with E-state index < -0.39 is 0 Å². The minimum atomic E-state index is -0.217. The van der Waals surface area contributed by atoms with Gasteiger partial charge in [-0.2, -0.15) is 0 Å². The van der Waals surface area contributed by atoms with Crippen LogP contribution in [0.1, 0.15) is 46.0 Å². The van der Waals surface area contributed by atoms with Gasteiger partial charge in [-0.25, -0.2) is 0 Å². The van der Waals surface area contributed by atoms with Crippen molar-refractivity contribution in [3.63, 3.8) is 0 Å². The summed E-state index contributed by atoms with van der Waals surface area (Å²) in [6, 6.07) is 0. The number of hydrogen-bond acceptors (Lipinski definition) is 3. The summed E-state index contributed by atoms with van der Waals surface area (Å²) in [5.41, 5.74) is 1.33. The number of hydrogen-bond donors (Lipinski definition) is 2. The van der Waals surface area contributed by atoms with Crippen molar-refractivity contribution >= 4 is 0 Å². The lowest BCUT2D eigenvalue weighted by atomic mass is 9.65. The van der Waals surface area contributed by atoms with Gasteiger partial charge in [0.25, 0.3) is 0 Å². The van der Waals surface area contributed by atoms with Crippen LogP contribution in [0, 0.1) is 23.7 Å². The number of ether oxygens (including phenoxy) is 1. The summed E-state index contributed by atoms with van der Waals surface area (Å²) in [4.78, 5) is 0. The van der Waals surface area contributed by atoms with Crippen molar-refractivity contribution in [2.45, 2.75) is 64.3 Å². The van der Waals surface area contributed by atoms with Crippen molar-refractivity contribution in [1.82, 2.24) is 0 Å². The molecule has 1 aliphatic heterocycles. The van der Waals surface area contributed by atoms with E-state index in [-0.39, 0.29) is 24.2 Å². The molecule has 1 fully saturated rings. The first-order valence-corrected chi connectivity index (χ1v) is 8.92. The predicted octanol–water partition coefficient (Wildman–Crippen LogP) is 3.07. The predicted molar refractivity (Wildman–Crippen MR) is 87.4 cm³/mol. The van der Waals surface area contributed by atoms with Gasteiger partial charge in [0.1, 0.15) is 0 Å². The van der Waals surface area contributed by atoms with Gasteiger partial charge < -0.3 is 14.9 Å². The molecule has 0 aromatic carbocycles. The van der Waals surface area contributed by atoms with Crippen LogP contribution in [0.2, 0.25) is 0 Å². The van der Waals surface area contributed by atoms with E-state index in [0.29, 0.717) is 24.4 Å². The molecule has 1 heterocycles. The number of fused-ring (bicyclic) bond motifs is 1. The van der Waals surface area contributed by atoms with E-state index in [4.69, 9.17) is 4.74 Å². The Morgan fingerprint density at radius 3 is 2.77 bits per heavy atom. The highest BCUT2D eigenvalue weighted by Gasteiger charge is 2.38. The van der Waals surface area contributed by atoms with Gasteiger partial charge in [-0.05, 0) is 55.4 Å². The average molecular weight is 306 g/mol. The van der Waals surface area contributed by atoms with Gasteiger partial charge >= 0.3 is 0 Å². The fourth-order valence-corrected chi connectivity index (χ4v) is 4.57. The molecule has 7 unspecified atom stereocenters. The number of aliphatic hydroxyl groups is 2. The van der Waals surface area contributed by atoms with Crippen LogP contribution in [0.25, 0.3) is 0 Å². The monoisotopic (exact) mass is 306 g/mol. The molecule has 0 spiro atoms. The van der Waals surface area contributed by atoms with Crippen LogP contribution < -0.4 is 0 Å². The Hall–Kier alpha value is -0.640. The minimum absolute atomic E-state index is 0.189. The van der Waals surface area contributed by atoms with Crippen LogP contribution in [0.15, 0.2) is 23.8 Å². The molecular formula is C19H30O3. The minimum Gasteiger partial charge on any atom is -0.393 e. The molecule has 0 radical (unpaired) electrons. The first kappa shape index (κ1) is 16.2. The molecule has 3 heteroatoms. The van der Waals surface area contributed by atoms with Crippen LogP contribution in [-0.2, 0) is 4.74 Å². The van der Waals surface area contributed by atoms with Crippen molar-refractivity contribution in [3.05, 3.63) is 23.8 Å². The molecule has 0 amide bonds. The molecule has 22 heavy (non-hydrogen) atoms. The fourth-order valence-electron chi connectivity index (χ4n) is 4.57. The third-order valence-electron chi connectivity index (χ3n) is 5.78. The molecule has 0 saturated carbocycles. The van der Waals surface area contributed by atoms with E-state index in [0.717, 1.165) is 32.1 Å². The summed E-state index contributed by atoms with van der Waals surface area (Å²) in [5.74, 6) is 1.74. The third-order valence-corrected chi connectivity index (χ3v) is 5.78. The largest absolute Gasteiger partial charge is 0.393 e. The van der Waals surface area contributed by atoms with E-state index in [1.165, 1.54) is 5.57 Å². The van der Waals surface area contributed by atoms with E-state index in [1.54, 1.807) is 0 Å². The number of rotatable bonds is 3. The standard InChI is InChI=1S/C19H30O3/c1-12-9-14-4-3-13(2)17(19(14)18(21)10-12)6-5-16-11-15(20)7-8-22-16/h3-4,9,12-13,15-21H,5-8,10-11H2,1-2H3. The molecule has 2 N–H and O–H groups in total. The van der Waals surface area contributed by atoms with Crippen LogP contribution in [0.3, 0.4) is 0 Å².